The minimum absolute atomic E-state index is 0.148. The molecule has 170 valence electrons. The normalized spacial score (nSPS) is 16.3. The number of esters is 1. The van der Waals surface area contributed by atoms with Crippen molar-refractivity contribution in [2.75, 3.05) is 26.2 Å². The van der Waals surface area contributed by atoms with Crippen molar-refractivity contribution in [2.45, 2.75) is 39.3 Å². The number of halogens is 1. The van der Waals surface area contributed by atoms with E-state index in [1.54, 1.807) is 27.7 Å². The molecule has 0 saturated carbocycles. The molecule has 1 aromatic carbocycles. The summed E-state index contributed by atoms with van der Waals surface area (Å²) in [5, 5.41) is 11.0. The first kappa shape index (κ1) is 24.1. The third-order valence-electron chi connectivity index (χ3n) is 4.12. The molecule has 10 heteroatoms. The Balaban J connectivity index is 2.09. The molecular formula is C21H29FN4O5. The van der Waals surface area contributed by atoms with Crippen molar-refractivity contribution < 1.29 is 28.2 Å². The average Bonchev–Trinajstić information content (AvgIpc) is 2.66. The third-order valence-corrected chi connectivity index (χ3v) is 4.12. The molecule has 31 heavy (non-hydrogen) atoms. The molecule has 0 bridgehead atoms. The topological polar surface area (TPSA) is 118 Å². The van der Waals surface area contributed by atoms with Crippen molar-refractivity contribution in [3.63, 3.8) is 0 Å². The van der Waals surface area contributed by atoms with Gasteiger partial charge in [0.05, 0.1) is 18.2 Å². The number of nitrogens with one attached hydrogen (secondary N) is 4. The summed E-state index contributed by atoms with van der Waals surface area (Å²) in [6.07, 6.45) is -0.535. The smallest absolute Gasteiger partial charge is 0.407 e. The number of rotatable bonds is 8. The lowest BCUT2D eigenvalue weighted by molar-refractivity contribution is -0.139. The molecule has 1 aliphatic rings. The number of hydrogen-bond acceptors (Lipinski definition) is 6. The second-order valence-electron chi connectivity index (χ2n) is 7.80. The highest BCUT2D eigenvalue weighted by atomic mass is 19.1. The van der Waals surface area contributed by atoms with Crippen molar-refractivity contribution in [3.05, 3.63) is 46.9 Å². The predicted octanol–water partition coefficient (Wildman–Crippen LogP) is 2.11. The zero-order valence-electron chi connectivity index (χ0n) is 18.1. The van der Waals surface area contributed by atoms with E-state index in [1.807, 2.05) is 0 Å². The van der Waals surface area contributed by atoms with Crippen LogP contribution in [0.25, 0.3) is 0 Å². The standard InChI is InChI=1S/C21H29FN4O5/c1-5-30-18(27)16-15(12-23-10-11-24-20(29)31-21(2,3)4)25-19(28)26-17(16)13-6-8-14(22)9-7-13/h6-9,17,23H,5,10-12H2,1-4H3,(H,24,29)(H2,25,26,28). The van der Waals surface area contributed by atoms with E-state index in [4.69, 9.17) is 9.47 Å². The van der Waals surface area contributed by atoms with Gasteiger partial charge in [0.15, 0.2) is 0 Å². The van der Waals surface area contributed by atoms with E-state index in [2.05, 4.69) is 21.3 Å². The SMILES string of the molecule is CCOC(=O)C1=C(CNCCNC(=O)OC(C)(C)C)NC(=O)NC1c1ccc(F)cc1. The lowest BCUT2D eigenvalue weighted by Crippen LogP contribution is -2.48. The molecule has 1 aromatic rings. The number of alkyl carbamates (subject to hydrolysis) is 1. The van der Waals surface area contributed by atoms with E-state index in [1.165, 1.54) is 24.3 Å². The van der Waals surface area contributed by atoms with Gasteiger partial charge < -0.3 is 30.7 Å². The third kappa shape index (κ3) is 7.56. The summed E-state index contributed by atoms with van der Waals surface area (Å²) in [5.74, 6) is -1.02. The fraction of sp³-hybridized carbons (Fsp3) is 0.476. The summed E-state index contributed by atoms with van der Waals surface area (Å²) in [5.41, 5.74) is 0.517. The first-order valence-corrected chi connectivity index (χ1v) is 10.0. The molecule has 0 saturated heterocycles. The van der Waals surface area contributed by atoms with Crippen LogP contribution in [0.1, 0.15) is 39.3 Å². The van der Waals surface area contributed by atoms with Crippen LogP contribution in [-0.4, -0.2) is 49.9 Å². The Morgan fingerprint density at radius 2 is 1.84 bits per heavy atom. The van der Waals surface area contributed by atoms with Crippen LogP contribution in [-0.2, 0) is 14.3 Å². The summed E-state index contributed by atoms with van der Waals surface area (Å²) in [6.45, 7) is 7.94. The van der Waals surface area contributed by atoms with E-state index < -0.39 is 35.6 Å². The van der Waals surface area contributed by atoms with Gasteiger partial charge in [0.25, 0.3) is 0 Å². The van der Waals surface area contributed by atoms with Crippen LogP contribution in [0.3, 0.4) is 0 Å². The maximum absolute atomic E-state index is 13.3. The van der Waals surface area contributed by atoms with Crippen molar-refractivity contribution in [2.24, 2.45) is 0 Å². The number of carbonyl (C=O) groups excluding carboxylic acids is 3. The van der Waals surface area contributed by atoms with Crippen LogP contribution < -0.4 is 21.3 Å². The molecule has 1 unspecified atom stereocenters. The molecule has 0 aliphatic carbocycles. The maximum Gasteiger partial charge on any atom is 0.407 e. The van der Waals surface area contributed by atoms with E-state index in [9.17, 15) is 18.8 Å². The Labute approximate surface area is 180 Å². The lowest BCUT2D eigenvalue weighted by atomic mass is 9.95. The fourth-order valence-electron chi connectivity index (χ4n) is 2.89. The minimum Gasteiger partial charge on any atom is -0.463 e. The summed E-state index contributed by atoms with van der Waals surface area (Å²) < 4.78 is 23.6. The van der Waals surface area contributed by atoms with Crippen LogP contribution in [0.5, 0.6) is 0 Å². The van der Waals surface area contributed by atoms with Gasteiger partial charge in [0.1, 0.15) is 11.4 Å². The second kappa shape index (κ2) is 10.8. The van der Waals surface area contributed by atoms with Gasteiger partial charge >= 0.3 is 18.1 Å². The van der Waals surface area contributed by atoms with Crippen LogP contribution in [0.2, 0.25) is 0 Å². The summed E-state index contributed by atoms with van der Waals surface area (Å²) in [4.78, 5) is 36.5. The first-order valence-electron chi connectivity index (χ1n) is 10.0. The molecule has 1 aliphatic heterocycles. The summed E-state index contributed by atoms with van der Waals surface area (Å²) >= 11 is 0. The number of carbonyl (C=O) groups is 3. The van der Waals surface area contributed by atoms with Crippen LogP contribution in [0.15, 0.2) is 35.5 Å². The molecule has 1 heterocycles. The van der Waals surface area contributed by atoms with Gasteiger partial charge in [-0.2, -0.15) is 0 Å². The van der Waals surface area contributed by atoms with Crippen LogP contribution in [0.4, 0.5) is 14.0 Å². The molecule has 9 nitrogen and oxygen atoms in total. The van der Waals surface area contributed by atoms with Gasteiger partial charge in [-0.15, -0.1) is 0 Å². The van der Waals surface area contributed by atoms with Gasteiger partial charge in [-0.05, 0) is 45.4 Å². The second-order valence-corrected chi connectivity index (χ2v) is 7.80. The van der Waals surface area contributed by atoms with E-state index >= 15 is 0 Å². The van der Waals surface area contributed by atoms with Crippen LogP contribution in [0, 0.1) is 5.82 Å². The Morgan fingerprint density at radius 1 is 1.16 bits per heavy atom. The molecule has 3 amide bonds. The zero-order chi connectivity index (χ0) is 23.0. The predicted molar refractivity (Wildman–Crippen MR) is 112 cm³/mol. The van der Waals surface area contributed by atoms with Gasteiger partial charge in [0, 0.05) is 25.3 Å². The molecule has 0 radical (unpaired) electrons. The van der Waals surface area contributed by atoms with E-state index in [0.717, 1.165) is 0 Å². The van der Waals surface area contributed by atoms with Gasteiger partial charge in [0.2, 0.25) is 0 Å². The van der Waals surface area contributed by atoms with Crippen LogP contribution >= 0.6 is 0 Å². The highest BCUT2D eigenvalue weighted by molar-refractivity contribution is 5.95. The number of hydrogen-bond donors (Lipinski definition) is 4. The monoisotopic (exact) mass is 436 g/mol. The fourth-order valence-corrected chi connectivity index (χ4v) is 2.89. The molecule has 0 spiro atoms. The molecule has 4 N–H and O–H groups in total. The zero-order valence-corrected chi connectivity index (χ0v) is 18.1. The summed E-state index contributed by atoms with van der Waals surface area (Å²) in [6, 6.07) is 4.23. The number of amides is 3. The average molecular weight is 436 g/mol. The molecule has 0 aromatic heterocycles. The van der Waals surface area contributed by atoms with Gasteiger partial charge in [-0.3, -0.25) is 0 Å². The summed E-state index contributed by atoms with van der Waals surface area (Å²) in [7, 11) is 0. The Kier molecular flexibility index (Phi) is 8.38. The maximum atomic E-state index is 13.3. The van der Waals surface area contributed by atoms with Crippen molar-refractivity contribution in [3.8, 4) is 0 Å². The molecule has 1 atom stereocenters. The highest BCUT2D eigenvalue weighted by Crippen LogP contribution is 2.27. The van der Waals surface area contributed by atoms with E-state index in [0.29, 0.717) is 17.8 Å². The van der Waals surface area contributed by atoms with Gasteiger partial charge in [-0.25, -0.2) is 18.8 Å². The Hall–Kier alpha value is -3.14. The molecule has 2 rings (SSSR count). The lowest BCUT2D eigenvalue weighted by Gasteiger charge is -2.29. The van der Waals surface area contributed by atoms with Crippen molar-refractivity contribution >= 4 is 18.1 Å². The van der Waals surface area contributed by atoms with Crippen molar-refractivity contribution in [1.82, 2.24) is 21.3 Å². The van der Waals surface area contributed by atoms with Crippen molar-refractivity contribution in [1.29, 1.82) is 0 Å². The first-order chi connectivity index (χ1) is 14.6. The Bertz CT molecular complexity index is 833. The minimum atomic E-state index is -0.787. The largest absolute Gasteiger partial charge is 0.463 e. The number of urea groups is 1. The van der Waals surface area contributed by atoms with Gasteiger partial charge in [-0.1, -0.05) is 12.1 Å². The highest BCUT2D eigenvalue weighted by Gasteiger charge is 2.33. The molecule has 0 fully saturated rings. The quantitative estimate of drug-likeness (QED) is 0.366. The number of ether oxygens (including phenoxy) is 2. The molecular weight excluding hydrogens is 407 g/mol. The Morgan fingerprint density at radius 3 is 2.45 bits per heavy atom. The van der Waals surface area contributed by atoms with E-state index in [-0.39, 0.29) is 25.3 Å². The number of benzene rings is 1.